The molecule has 13 heteroatoms. The molecule has 5 atom stereocenters. The molecule has 3 amide bonds. The second-order valence-electron chi connectivity index (χ2n) is 12.7. The van der Waals surface area contributed by atoms with E-state index >= 15 is 0 Å². The number of likely N-dealkylation sites (tertiary alicyclic amines) is 1. The van der Waals surface area contributed by atoms with Crippen LogP contribution in [0.3, 0.4) is 0 Å². The number of anilines is 1. The van der Waals surface area contributed by atoms with Crippen LogP contribution in [-0.4, -0.2) is 62.9 Å². The number of imidazole rings is 1. The largest absolute Gasteiger partial charge is 0.459 e. The maximum Gasteiger partial charge on any atom is 0.416 e. The Bertz CT molecular complexity index is 1530. The Labute approximate surface area is 252 Å². The lowest BCUT2D eigenvalue weighted by atomic mass is 9.85. The average Bonchev–Trinajstić information content (AvgIpc) is 3.28. The van der Waals surface area contributed by atoms with Crippen molar-refractivity contribution in [3.05, 3.63) is 54.1 Å². The van der Waals surface area contributed by atoms with Gasteiger partial charge in [0, 0.05) is 12.1 Å². The predicted molar refractivity (Wildman–Crippen MR) is 157 cm³/mol. The number of rotatable bonds is 9. The second-order valence-corrected chi connectivity index (χ2v) is 12.7. The summed E-state index contributed by atoms with van der Waals surface area (Å²) >= 11 is 0. The molecule has 0 spiro atoms. The summed E-state index contributed by atoms with van der Waals surface area (Å²) in [5.41, 5.74) is 4.41. The van der Waals surface area contributed by atoms with Gasteiger partial charge in [0.1, 0.15) is 23.7 Å². The molecule has 2 aromatic carbocycles. The smallest absolute Gasteiger partial charge is 0.416 e. The van der Waals surface area contributed by atoms with Gasteiger partial charge in [0.05, 0.1) is 23.1 Å². The van der Waals surface area contributed by atoms with Crippen LogP contribution in [0, 0.1) is 11.3 Å². The monoisotopic (exact) mass is 614 g/mol. The minimum absolute atomic E-state index is 0.00555. The number of aromatic amines is 1. The molecule has 2 aliphatic rings. The van der Waals surface area contributed by atoms with Gasteiger partial charge in [-0.2, -0.15) is 18.2 Å². The molecule has 1 saturated carbocycles. The minimum Gasteiger partial charge on any atom is -0.459 e. The topological polar surface area (TPSA) is 142 Å². The van der Waals surface area contributed by atoms with E-state index in [-0.39, 0.29) is 30.6 Å². The van der Waals surface area contributed by atoms with Crippen molar-refractivity contribution in [2.24, 2.45) is 17.1 Å². The third-order valence-electron chi connectivity index (χ3n) is 8.49. The molecule has 2 heterocycles. The highest BCUT2D eigenvalue weighted by Crippen LogP contribution is 2.46. The summed E-state index contributed by atoms with van der Waals surface area (Å²) in [5.74, 6) is -1.79. The first-order valence-electron chi connectivity index (χ1n) is 14.6. The highest BCUT2D eigenvalue weighted by Gasteiger charge is 2.60. The van der Waals surface area contributed by atoms with E-state index in [1.54, 1.807) is 20.8 Å². The van der Waals surface area contributed by atoms with E-state index in [1.165, 1.54) is 17.0 Å². The number of H-pyrrole nitrogens is 1. The first kappa shape index (κ1) is 31.1. The number of amides is 3. The van der Waals surface area contributed by atoms with Gasteiger partial charge in [-0.1, -0.05) is 52.3 Å². The molecular weight excluding hydrogens is 577 g/mol. The lowest BCUT2D eigenvalue weighted by Crippen LogP contribution is -2.57. The Morgan fingerprint density at radius 1 is 1.16 bits per heavy atom. The van der Waals surface area contributed by atoms with Gasteiger partial charge in [0.25, 0.3) is 6.01 Å². The minimum atomic E-state index is -4.56. The average molecular weight is 615 g/mol. The normalized spacial score (nSPS) is 24.2. The third kappa shape index (κ3) is 6.18. The van der Waals surface area contributed by atoms with Crippen LogP contribution in [-0.2, 0) is 20.6 Å². The van der Waals surface area contributed by atoms with Gasteiger partial charge in [-0.25, -0.2) is 0 Å². The Morgan fingerprint density at radius 3 is 2.50 bits per heavy atom. The summed E-state index contributed by atoms with van der Waals surface area (Å²) in [5, 5.41) is 5.81. The van der Waals surface area contributed by atoms with Crippen molar-refractivity contribution in [3.63, 3.8) is 0 Å². The molecule has 5 N–H and O–H groups in total. The molecule has 10 nitrogen and oxygen atoms in total. The summed E-state index contributed by atoms with van der Waals surface area (Å²) in [4.78, 5) is 49.3. The molecule has 5 rings (SSSR count). The molecule has 0 unspecified atom stereocenters. The molecule has 2 fully saturated rings. The fourth-order valence-electron chi connectivity index (χ4n) is 5.93. The number of hydrogen-bond donors (Lipinski definition) is 4. The second kappa shape index (κ2) is 11.3. The van der Waals surface area contributed by atoms with Gasteiger partial charge in [-0.15, -0.1) is 0 Å². The first-order valence-corrected chi connectivity index (χ1v) is 14.6. The van der Waals surface area contributed by atoms with Gasteiger partial charge in [0.2, 0.25) is 17.7 Å². The van der Waals surface area contributed by atoms with Gasteiger partial charge >= 0.3 is 6.18 Å². The quantitative estimate of drug-likeness (QED) is 0.284. The summed E-state index contributed by atoms with van der Waals surface area (Å²) in [7, 11) is 0. The molecule has 0 radical (unpaired) electrons. The van der Waals surface area contributed by atoms with Crippen LogP contribution in [0.4, 0.5) is 18.9 Å². The Balaban J connectivity index is 1.43. The number of nitrogens with zero attached hydrogens (tertiary/aromatic N) is 2. The Hall–Kier alpha value is -4.29. The van der Waals surface area contributed by atoms with E-state index in [0.717, 1.165) is 17.6 Å². The maximum atomic E-state index is 14.3. The molecule has 0 bridgehead atoms. The molecule has 3 aromatic rings. The lowest BCUT2D eigenvalue weighted by molar-refractivity contribution is -0.141. The summed E-state index contributed by atoms with van der Waals surface area (Å²) in [6.07, 6.45) is -4.06. The Kier molecular flexibility index (Phi) is 8.02. The molecule has 44 heavy (non-hydrogen) atoms. The number of ether oxygens (including phenoxy) is 1. The molecular formula is C31H37F3N6O4. The van der Waals surface area contributed by atoms with Crippen LogP contribution in [0.5, 0.6) is 6.01 Å². The van der Waals surface area contributed by atoms with E-state index in [9.17, 15) is 27.6 Å². The van der Waals surface area contributed by atoms with Crippen LogP contribution in [0.15, 0.2) is 48.5 Å². The number of carbonyl (C=O) groups is 3. The zero-order valence-electron chi connectivity index (χ0n) is 25.0. The number of aromatic nitrogens is 2. The van der Waals surface area contributed by atoms with E-state index in [1.807, 2.05) is 31.2 Å². The number of halogens is 3. The van der Waals surface area contributed by atoms with E-state index in [2.05, 4.69) is 20.6 Å². The van der Waals surface area contributed by atoms with Gasteiger partial charge in [-0.3, -0.25) is 14.4 Å². The molecule has 1 aliphatic heterocycles. The van der Waals surface area contributed by atoms with Crippen LogP contribution in [0.25, 0.3) is 11.0 Å². The number of alkyl halides is 3. The molecule has 1 aliphatic carbocycles. The summed E-state index contributed by atoms with van der Waals surface area (Å²) in [6.45, 7) is 7.24. The third-order valence-corrected chi connectivity index (χ3v) is 8.49. The van der Waals surface area contributed by atoms with Crippen molar-refractivity contribution in [3.8, 4) is 6.01 Å². The van der Waals surface area contributed by atoms with Crippen LogP contribution >= 0.6 is 0 Å². The van der Waals surface area contributed by atoms with Crippen molar-refractivity contribution in [2.45, 2.75) is 76.9 Å². The van der Waals surface area contributed by atoms with Crippen molar-refractivity contribution in [2.75, 3.05) is 11.9 Å². The van der Waals surface area contributed by atoms with E-state index in [4.69, 9.17) is 10.5 Å². The molecule has 1 aromatic heterocycles. The van der Waals surface area contributed by atoms with Crippen LogP contribution < -0.4 is 21.1 Å². The summed E-state index contributed by atoms with van der Waals surface area (Å²) in [6, 6.07) is 10.1. The lowest BCUT2D eigenvalue weighted by Gasteiger charge is -2.36. The number of primary amides is 1. The standard InChI is InChI=1S/C31H37F3N6O4/c1-5-17-15-30(17,27(35)43)39-25(41)23-14-20(44-28-37-21-11-6-7-12-22(21)38-28)16-40(23)26(42)24(29(2,3)4)36-19-10-8-9-18(13-19)31(32,33)34/h6-13,17,20,23-24,36H,5,14-16H2,1-4H3,(H2,35,43)(H,37,38)(H,39,41)/t17-,20-,23+,24-,30-/m1/s1. The Morgan fingerprint density at radius 2 is 1.89 bits per heavy atom. The van der Waals surface area contributed by atoms with Crippen molar-refractivity contribution in [1.29, 1.82) is 0 Å². The molecule has 236 valence electrons. The zero-order valence-corrected chi connectivity index (χ0v) is 25.0. The van der Waals surface area contributed by atoms with E-state index in [0.29, 0.717) is 18.4 Å². The highest BCUT2D eigenvalue weighted by atomic mass is 19.4. The van der Waals surface area contributed by atoms with Crippen molar-refractivity contribution >= 4 is 34.4 Å². The number of benzene rings is 2. The predicted octanol–water partition coefficient (Wildman–Crippen LogP) is 4.23. The van der Waals surface area contributed by atoms with Crippen LogP contribution in [0.1, 0.15) is 52.5 Å². The number of nitrogens with one attached hydrogen (secondary N) is 3. The van der Waals surface area contributed by atoms with Crippen LogP contribution in [0.2, 0.25) is 0 Å². The van der Waals surface area contributed by atoms with E-state index < -0.39 is 58.6 Å². The number of para-hydroxylation sites is 2. The zero-order chi connectivity index (χ0) is 32.0. The highest BCUT2D eigenvalue weighted by molar-refractivity contribution is 5.97. The van der Waals surface area contributed by atoms with Crippen molar-refractivity contribution in [1.82, 2.24) is 20.2 Å². The van der Waals surface area contributed by atoms with Crippen molar-refractivity contribution < 1.29 is 32.3 Å². The number of carbonyl (C=O) groups excluding carboxylic acids is 3. The number of nitrogens with two attached hydrogens (primary N) is 1. The fraction of sp³-hybridized carbons (Fsp3) is 0.484. The first-order chi connectivity index (χ1) is 20.6. The summed E-state index contributed by atoms with van der Waals surface area (Å²) < 4.78 is 46.4. The number of fused-ring (bicyclic) bond motifs is 1. The van der Waals surface area contributed by atoms with Gasteiger partial charge in [0.15, 0.2) is 0 Å². The fourth-order valence-corrected chi connectivity index (χ4v) is 5.93. The SMILES string of the molecule is CC[C@@H]1C[C@]1(NC(=O)[C@@H]1C[C@@H](Oc2nc3ccccc3[nH]2)CN1C(=O)[C@@H](Nc1cccc(C(F)(F)F)c1)C(C)(C)C)C(N)=O. The van der Waals surface area contributed by atoms with Gasteiger partial charge < -0.3 is 31.0 Å². The number of hydrogen-bond acceptors (Lipinski definition) is 6. The maximum absolute atomic E-state index is 14.3. The molecule has 1 saturated heterocycles. The van der Waals surface area contributed by atoms with Gasteiger partial charge in [-0.05, 0) is 48.1 Å².